The number of ether oxygens (including phenoxy) is 2. The van der Waals surface area contributed by atoms with Crippen LogP contribution in [0.5, 0.6) is 0 Å². The Kier molecular flexibility index (Phi) is 5.14. The molecule has 0 spiro atoms. The van der Waals surface area contributed by atoms with Crippen LogP contribution in [0.25, 0.3) is 0 Å². The summed E-state index contributed by atoms with van der Waals surface area (Å²) in [6, 6.07) is 1.55. The predicted molar refractivity (Wildman–Crippen MR) is 80.7 cm³/mol. The second-order valence-corrected chi connectivity index (χ2v) is 6.21. The standard InChI is InChI=1S/C16H19F3N2O4/c17-16(18,19)12-1-2-13(22)21(9-12)10-14(23)20-5-3-11(4-6-20)15-24-7-8-25-15/h1-2,9,11,15H,3-8,10H2. The Labute approximate surface area is 142 Å². The Bertz CT molecular complexity index is 675. The smallest absolute Gasteiger partial charge is 0.350 e. The third kappa shape index (κ3) is 4.21. The van der Waals surface area contributed by atoms with Crippen molar-refractivity contribution in [3.63, 3.8) is 0 Å². The van der Waals surface area contributed by atoms with Crippen LogP contribution in [0.3, 0.4) is 0 Å². The molecule has 2 aliphatic heterocycles. The van der Waals surface area contributed by atoms with Gasteiger partial charge in [0.15, 0.2) is 6.29 Å². The van der Waals surface area contributed by atoms with E-state index in [2.05, 4.69) is 0 Å². The van der Waals surface area contributed by atoms with Crippen molar-refractivity contribution in [2.75, 3.05) is 26.3 Å². The lowest BCUT2D eigenvalue weighted by atomic mass is 9.96. The van der Waals surface area contributed by atoms with Crippen molar-refractivity contribution in [1.82, 2.24) is 9.47 Å². The summed E-state index contributed by atoms with van der Waals surface area (Å²) in [6.07, 6.45) is -2.70. The van der Waals surface area contributed by atoms with E-state index in [1.54, 1.807) is 4.90 Å². The van der Waals surface area contributed by atoms with Crippen molar-refractivity contribution in [3.8, 4) is 0 Å². The quantitative estimate of drug-likeness (QED) is 0.819. The van der Waals surface area contributed by atoms with E-state index in [9.17, 15) is 22.8 Å². The van der Waals surface area contributed by atoms with Crippen LogP contribution in [0, 0.1) is 5.92 Å². The first-order valence-corrected chi connectivity index (χ1v) is 8.13. The van der Waals surface area contributed by atoms with Gasteiger partial charge in [-0.2, -0.15) is 13.2 Å². The Morgan fingerprint density at radius 3 is 2.40 bits per heavy atom. The highest BCUT2D eigenvalue weighted by molar-refractivity contribution is 5.76. The fourth-order valence-corrected chi connectivity index (χ4v) is 3.14. The molecule has 25 heavy (non-hydrogen) atoms. The van der Waals surface area contributed by atoms with Gasteiger partial charge in [-0.3, -0.25) is 9.59 Å². The Morgan fingerprint density at radius 1 is 1.16 bits per heavy atom. The lowest BCUT2D eigenvalue weighted by Crippen LogP contribution is -2.43. The van der Waals surface area contributed by atoms with Crippen LogP contribution >= 0.6 is 0 Å². The fourth-order valence-electron chi connectivity index (χ4n) is 3.14. The molecule has 138 valence electrons. The first kappa shape index (κ1) is 17.9. The number of amides is 1. The molecule has 2 aliphatic rings. The number of nitrogens with zero attached hydrogens (tertiary/aromatic N) is 2. The summed E-state index contributed by atoms with van der Waals surface area (Å²) in [5.41, 5.74) is -1.59. The molecule has 1 aromatic rings. The maximum Gasteiger partial charge on any atom is 0.417 e. The normalized spacial score (nSPS) is 20.2. The van der Waals surface area contributed by atoms with Gasteiger partial charge in [0.2, 0.25) is 5.91 Å². The van der Waals surface area contributed by atoms with E-state index in [4.69, 9.17) is 9.47 Å². The van der Waals surface area contributed by atoms with Crippen molar-refractivity contribution in [2.24, 2.45) is 5.92 Å². The molecule has 0 aromatic carbocycles. The SMILES string of the molecule is O=C(Cn1cc(C(F)(F)F)ccc1=O)N1CCC(C2OCCO2)CC1. The van der Waals surface area contributed by atoms with E-state index in [0.717, 1.165) is 16.7 Å². The van der Waals surface area contributed by atoms with Crippen LogP contribution in [0.4, 0.5) is 13.2 Å². The Balaban J connectivity index is 1.60. The highest BCUT2D eigenvalue weighted by Gasteiger charge is 2.33. The highest BCUT2D eigenvalue weighted by atomic mass is 19.4. The first-order chi connectivity index (χ1) is 11.8. The number of carbonyl (C=O) groups excluding carboxylic acids is 1. The van der Waals surface area contributed by atoms with Gasteiger partial charge in [-0.1, -0.05) is 0 Å². The summed E-state index contributed by atoms with van der Waals surface area (Å²) >= 11 is 0. The number of likely N-dealkylation sites (tertiary alicyclic amines) is 1. The van der Waals surface area contributed by atoms with Crippen LogP contribution in [-0.4, -0.2) is 48.0 Å². The third-order valence-corrected chi connectivity index (χ3v) is 4.54. The number of halogens is 3. The lowest BCUT2D eigenvalue weighted by Gasteiger charge is -2.34. The number of alkyl halides is 3. The van der Waals surface area contributed by atoms with Crippen molar-refractivity contribution in [1.29, 1.82) is 0 Å². The summed E-state index contributed by atoms with van der Waals surface area (Å²) in [5.74, 6) is -0.157. The van der Waals surface area contributed by atoms with Gasteiger partial charge in [0, 0.05) is 31.3 Å². The monoisotopic (exact) mass is 360 g/mol. The van der Waals surface area contributed by atoms with Gasteiger partial charge in [-0.25, -0.2) is 0 Å². The van der Waals surface area contributed by atoms with E-state index < -0.39 is 23.8 Å². The topological polar surface area (TPSA) is 60.8 Å². The second kappa shape index (κ2) is 7.17. The molecular weight excluding hydrogens is 341 g/mol. The number of carbonyl (C=O) groups is 1. The van der Waals surface area contributed by atoms with Crippen molar-refractivity contribution >= 4 is 5.91 Å². The Morgan fingerprint density at radius 2 is 1.80 bits per heavy atom. The zero-order valence-corrected chi connectivity index (χ0v) is 13.5. The van der Waals surface area contributed by atoms with Gasteiger partial charge in [-0.15, -0.1) is 0 Å². The molecule has 2 saturated heterocycles. The number of piperidine rings is 1. The van der Waals surface area contributed by atoms with E-state index in [-0.39, 0.29) is 18.1 Å². The highest BCUT2D eigenvalue weighted by Crippen LogP contribution is 2.28. The minimum atomic E-state index is -4.56. The number of aromatic nitrogens is 1. The molecular formula is C16H19F3N2O4. The minimum absolute atomic E-state index is 0.211. The number of rotatable bonds is 3. The van der Waals surface area contributed by atoms with Crippen molar-refractivity contribution in [2.45, 2.75) is 31.9 Å². The molecule has 0 unspecified atom stereocenters. The third-order valence-electron chi connectivity index (χ3n) is 4.54. The van der Waals surface area contributed by atoms with Gasteiger partial charge in [-0.05, 0) is 18.9 Å². The minimum Gasteiger partial charge on any atom is -0.350 e. The summed E-state index contributed by atoms with van der Waals surface area (Å²) in [5, 5.41) is 0. The molecule has 0 N–H and O–H groups in total. The molecule has 3 rings (SSSR count). The van der Waals surface area contributed by atoms with Crippen LogP contribution in [-0.2, 0) is 27.0 Å². The van der Waals surface area contributed by atoms with Crippen molar-refractivity contribution in [3.05, 3.63) is 34.2 Å². The molecule has 0 saturated carbocycles. The summed E-state index contributed by atoms with van der Waals surface area (Å²) < 4.78 is 50.0. The zero-order valence-electron chi connectivity index (χ0n) is 13.5. The van der Waals surface area contributed by atoms with Crippen LogP contribution in [0.1, 0.15) is 18.4 Å². The summed E-state index contributed by atoms with van der Waals surface area (Å²) in [7, 11) is 0. The van der Waals surface area contributed by atoms with E-state index >= 15 is 0 Å². The predicted octanol–water partition coefficient (Wildman–Crippen LogP) is 1.48. The molecule has 0 bridgehead atoms. The van der Waals surface area contributed by atoms with E-state index in [1.165, 1.54) is 0 Å². The summed E-state index contributed by atoms with van der Waals surface area (Å²) in [6.45, 7) is 1.69. The maximum atomic E-state index is 12.7. The van der Waals surface area contributed by atoms with Crippen LogP contribution in [0.2, 0.25) is 0 Å². The molecule has 0 atom stereocenters. The van der Waals surface area contributed by atoms with Gasteiger partial charge in [0.1, 0.15) is 6.54 Å². The zero-order chi connectivity index (χ0) is 18.0. The lowest BCUT2D eigenvalue weighted by molar-refractivity contribution is -0.140. The van der Waals surface area contributed by atoms with E-state index in [1.807, 2.05) is 0 Å². The van der Waals surface area contributed by atoms with Crippen LogP contribution in [0.15, 0.2) is 23.1 Å². The molecule has 3 heterocycles. The van der Waals surface area contributed by atoms with Crippen molar-refractivity contribution < 1.29 is 27.4 Å². The molecule has 0 aliphatic carbocycles. The molecule has 9 heteroatoms. The Hall–Kier alpha value is -1.87. The van der Waals surface area contributed by atoms with Gasteiger partial charge in [0.25, 0.3) is 5.56 Å². The number of pyridine rings is 1. The van der Waals surface area contributed by atoms with Gasteiger partial charge in [0.05, 0.1) is 18.8 Å². The van der Waals surface area contributed by atoms with Gasteiger partial charge >= 0.3 is 6.18 Å². The second-order valence-electron chi connectivity index (χ2n) is 6.21. The molecule has 2 fully saturated rings. The first-order valence-electron chi connectivity index (χ1n) is 8.13. The number of hydrogen-bond donors (Lipinski definition) is 0. The van der Waals surface area contributed by atoms with E-state index in [0.29, 0.717) is 45.3 Å². The largest absolute Gasteiger partial charge is 0.417 e. The average molecular weight is 360 g/mol. The fraction of sp³-hybridized carbons (Fsp3) is 0.625. The summed E-state index contributed by atoms with van der Waals surface area (Å²) in [4.78, 5) is 25.6. The van der Waals surface area contributed by atoms with Gasteiger partial charge < -0.3 is 18.9 Å². The molecule has 1 aromatic heterocycles. The number of hydrogen-bond acceptors (Lipinski definition) is 4. The maximum absolute atomic E-state index is 12.7. The average Bonchev–Trinajstić information content (AvgIpc) is 3.10. The molecule has 0 radical (unpaired) electrons. The molecule has 6 nitrogen and oxygen atoms in total. The van der Waals surface area contributed by atoms with Crippen LogP contribution < -0.4 is 5.56 Å². The molecule has 1 amide bonds.